The van der Waals surface area contributed by atoms with E-state index in [2.05, 4.69) is 41.9 Å². The lowest BCUT2D eigenvalue weighted by Crippen LogP contribution is -2.49. The number of hydrogen-bond acceptors (Lipinski definition) is 3. The number of aromatic nitrogens is 1. The van der Waals surface area contributed by atoms with E-state index in [-0.39, 0.29) is 5.91 Å². The molecular weight excluding hydrogens is 274 g/mol. The summed E-state index contributed by atoms with van der Waals surface area (Å²) in [5.41, 5.74) is 4.59. The van der Waals surface area contributed by atoms with Crippen LogP contribution in [0, 0.1) is 13.8 Å². The Hall–Kier alpha value is -2.36. The summed E-state index contributed by atoms with van der Waals surface area (Å²) in [5, 5.41) is 0. The maximum absolute atomic E-state index is 12.4. The number of benzene rings is 1. The standard InChI is InChI=1S/C18H21N3O/c1-14-5-3-7-17(15(14)2)20-9-11-21(12-10-20)18(22)16-6-4-8-19-13-16/h3-8,13H,9-12H2,1-2H3. The number of piperazine rings is 1. The first-order valence-electron chi connectivity index (χ1n) is 7.67. The van der Waals surface area contributed by atoms with Crippen LogP contribution < -0.4 is 4.90 Å². The Morgan fingerprint density at radius 2 is 1.82 bits per heavy atom. The summed E-state index contributed by atoms with van der Waals surface area (Å²) in [4.78, 5) is 20.7. The third kappa shape index (κ3) is 2.82. The van der Waals surface area contributed by atoms with Crippen molar-refractivity contribution in [1.29, 1.82) is 0 Å². The largest absolute Gasteiger partial charge is 0.368 e. The summed E-state index contributed by atoms with van der Waals surface area (Å²) in [5.74, 6) is 0.0775. The fourth-order valence-electron chi connectivity index (χ4n) is 2.90. The Bertz CT molecular complexity index is 661. The summed E-state index contributed by atoms with van der Waals surface area (Å²) in [6.45, 7) is 7.55. The number of nitrogens with zero attached hydrogens (tertiary/aromatic N) is 3. The minimum absolute atomic E-state index is 0.0775. The Morgan fingerprint density at radius 3 is 2.50 bits per heavy atom. The average molecular weight is 295 g/mol. The van der Waals surface area contributed by atoms with Gasteiger partial charge in [0, 0.05) is 44.3 Å². The van der Waals surface area contributed by atoms with Crippen LogP contribution in [0.15, 0.2) is 42.7 Å². The van der Waals surface area contributed by atoms with E-state index in [0.717, 1.165) is 26.2 Å². The molecule has 0 bridgehead atoms. The van der Waals surface area contributed by atoms with Crippen molar-refractivity contribution in [3.63, 3.8) is 0 Å². The highest BCUT2D eigenvalue weighted by molar-refractivity contribution is 5.94. The highest BCUT2D eigenvalue weighted by Crippen LogP contribution is 2.24. The third-order valence-electron chi connectivity index (χ3n) is 4.39. The first-order chi connectivity index (χ1) is 10.7. The van der Waals surface area contributed by atoms with Crippen LogP contribution >= 0.6 is 0 Å². The molecule has 1 aliphatic rings. The average Bonchev–Trinajstić information content (AvgIpc) is 2.58. The lowest BCUT2D eigenvalue weighted by Gasteiger charge is -2.37. The number of aryl methyl sites for hydroxylation is 1. The fraction of sp³-hybridized carbons (Fsp3) is 0.333. The Morgan fingerprint density at radius 1 is 1.05 bits per heavy atom. The zero-order chi connectivity index (χ0) is 15.5. The highest BCUT2D eigenvalue weighted by Gasteiger charge is 2.23. The van der Waals surface area contributed by atoms with Gasteiger partial charge in [0.2, 0.25) is 0 Å². The van der Waals surface area contributed by atoms with Crippen LogP contribution in [0.4, 0.5) is 5.69 Å². The van der Waals surface area contributed by atoms with Crippen LogP contribution in [-0.4, -0.2) is 42.0 Å². The predicted molar refractivity (Wildman–Crippen MR) is 88.3 cm³/mol. The molecule has 4 nitrogen and oxygen atoms in total. The van der Waals surface area contributed by atoms with Crippen molar-refractivity contribution in [2.45, 2.75) is 13.8 Å². The lowest BCUT2D eigenvalue weighted by atomic mass is 10.1. The van der Waals surface area contributed by atoms with E-state index in [4.69, 9.17) is 0 Å². The maximum Gasteiger partial charge on any atom is 0.255 e. The molecule has 4 heteroatoms. The van der Waals surface area contributed by atoms with Gasteiger partial charge in [0.05, 0.1) is 5.56 Å². The van der Waals surface area contributed by atoms with Crippen molar-refractivity contribution >= 4 is 11.6 Å². The Kier molecular flexibility index (Phi) is 4.09. The van der Waals surface area contributed by atoms with Crippen LogP contribution in [0.2, 0.25) is 0 Å². The molecule has 0 saturated carbocycles. The molecular formula is C18H21N3O. The van der Waals surface area contributed by atoms with E-state index in [0.29, 0.717) is 5.56 Å². The zero-order valence-corrected chi connectivity index (χ0v) is 13.1. The Balaban J connectivity index is 1.68. The van der Waals surface area contributed by atoms with E-state index in [1.807, 2.05) is 11.0 Å². The van der Waals surface area contributed by atoms with Crippen molar-refractivity contribution in [3.05, 3.63) is 59.4 Å². The molecule has 0 radical (unpaired) electrons. The lowest BCUT2D eigenvalue weighted by molar-refractivity contribution is 0.0746. The van der Waals surface area contributed by atoms with Gasteiger partial charge in [-0.2, -0.15) is 0 Å². The number of carbonyl (C=O) groups excluding carboxylic acids is 1. The molecule has 0 spiro atoms. The van der Waals surface area contributed by atoms with Gasteiger partial charge in [-0.25, -0.2) is 0 Å². The van der Waals surface area contributed by atoms with Crippen LogP contribution in [0.3, 0.4) is 0 Å². The molecule has 1 aromatic carbocycles. The summed E-state index contributed by atoms with van der Waals surface area (Å²) < 4.78 is 0. The summed E-state index contributed by atoms with van der Waals surface area (Å²) >= 11 is 0. The predicted octanol–water partition coefficient (Wildman–Crippen LogP) is 2.66. The van der Waals surface area contributed by atoms with E-state index < -0.39 is 0 Å². The molecule has 1 aromatic heterocycles. The number of pyridine rings is 1. The van der Waals surface area contributed by atoms with Crippen LogP contribution in [0.5, 0.6) is 0 Å². The maximum atomic E-state index is 12.4. The van der Waals surface area contributed by atoms with Crippen molar-refractivity contribution in [2.75, 3.05) is 31.1 Å². The smallest absolute Gasteiger partial charge is 0.255 e. The SMILES string of the molecule is Cc1cccc(N2CCN(C(=O)c3cccnc3)CC2)c1C. The zero-order valence-electron chi connectivity index (χ0n) is 13.1. The molecule has 22 heavy (non-hydrogen) atoms. The van der Waals surface area contributed by atoms with Crippen LogP contribution in [0.1, 0.15) is 21.5 Å². The van der Waals surface area contributed by atoms with Gasteiger partial charge in [-0.1, -0.05) is 12.1 Å². The summed E-state index contributed by atoms with van der Waals surface area (Å²) in [6.07, 6.45) is 3.33. The molecule has 2 heterocycles. The monoisotopic (exact) mass is 295 g/mol. The van der Waals surface area contributed by atoms with Gasteiger partial charge in [0.25, 0.3) is 5.91 Å². The normalized spacial score (nSPS) is 15.0. The van der Waals surface area contributed by atoms with E-state index in [9.17, 15) is 4.79 Å². The van der Waals surface area contributed by atoms with Gasteiger partial charge in [0.15, 0.2) is 0 Å². The molecule has 114 valence electrons. The molecule has 3 rings (SSSR count). The van der Waals surface area contributed by atoms with Gasteiger partial charge in [0.1, 0.15) is 0 Å². The molecule has 0 N–H and O–H groups in total. The van der Waals surface area contributed by atoms with E-state index in [1.165, 1.54) is 16.8 Å². The first-order valence-corrected chi connectivity index (χ1v) is 7.67. The highest BCUT2D eigenvalue weighted by atomic mass is 16.2. The second kappa shape index (κ2) is 6.18. The number of carbonyl (C=O) groups is 1. The van der Waals surface area contributed by atoms with Crippen molar-refractivity contribution < 1.29 is 4.79 Å². The quantitative estimate of drug-likeness (QED) is 0.854. The van der Waals surface area contributed by atoms with Crippen LogP contribution in [-0.2, 0) is 0 Å². The minimum Gasteiger partial charge on any atom is -0.368 e. The topological polar surface area (TPSA) is 36.4 Å². The van der Waals surface area contributed by atoms with Gasteiger partial charge in [-0.3, -0.25) is 9.78 Å². The summed E-state index contributed by atoms with van der Waals surface area (Å²) in [7, 11) is 0. The first kappa shape index (κ1) is 14.6. The number of hydrogen-bond donors (Lipinski definition) is 0. The second-order valence-corrected chi connectivity index (χ2v) is 5.74. The third-order valence-corrected chi connectivity index (χ3v) is 4.39. The molecule has 0 aliphatic carbocycles. The molecule has 1 saturated heterocycles. The van der Waals surface area contributed by atoms with Gasteiger partial charge < -0.3 is 9.80 Å². The minimum atomic E-state index is 0.0775. The molecule has 0 atom stereocenters. The Labute approximate surface area is 131 Å². The molecule has 1 amide bonds. The van der Waals surface area contributed by atoms with Crippen molar-refractivity contribution in [1.82, 2.24) is 9.88 Å². The number of rotatable bonds is 2. The molecule has 2 aromatic rings. The van der Waals surface area contributed by atoms with E-state index in [1.54, 1.807) is 18.5 Å². The van der Waals surface area contributed by atoms with Crippen molar-refractivity contribution in [3.8, 4) is 0 Å². The molecule has 1 fully saturated rings. The van der Waals surface area contributed by atoms with Crippen LogP contribution in [0.25, 0.3) is 0 Å². The van der Waals surface area contributed by atoms with Gasteiger partial charge in [-0.05, 0) is 43.2 Å². The molecule has 1 aliphatic heterocycles. The second-order valence-electron chi connectivity index (χ2n) is 5.74. The number of amides is 1. The molecule has 0 unspecified atom stereocenters. The van der Waals surface area contributed by atoms with E-state index >= 15 is 0 Å². The fourth-order valence-corrected chi connectivity index (χ4v) is 2.90. The van der Waals surface area contributed by atoms with Crippen molar-refractivity contribution in [2.24, 2.45) is 0 Å². The number of anilines is 1. The summed E-state index contributed by atoms with van der Waals surface area (Å²) in [6, 6.07) is 10.0. The van der Waals surface area contributed by atoms with Gasteiger partial charge >= 0.3 is 0 Å². The van der Waals surface area contributed by atoms with Gasteiger partial charge in [-0.15, -0.1) is 0 Å².